The summed E-state index contributed by atoms with van der Waals surface area (Å²) >= 11 is 0. The molecule has 0 aromatic carbocycles. The zero-order valence-corrected chi connectivity index (χ0v) is 9.95. The SMILES string of the molecule is CC(C)(C)N1CCc2ncccc2NC1=O. The monoisotopic (exact) mass is 219 g/mol. The Morgan fingerprint density at radius 2 is 2.19 bits per heavy atom. The fourth-order valence-electron chi connectivity index (χ4n) is 1.89. The van der Waals surface area contributed by atoms with Crippen LogP contribution in [-0.4, -0.2) is 28.0 Å². The van der Waals surface area contributed by atoms with Gasteiger partial charge in [-0.05, 0) is 32.9 Å². The molecule has 0 saturated heterocycles. The van der Waals surface area contributed by atoms with Gasteiger partial charge in [-0.2, -0.15) is 0 Å². The predicted octanol–water partition coefficient (Wildman–Crippen LogP) is 2.27. The highest BCUT2D eigenvalue weighted by Crippen LogP contribution is 2.22. The molecule has 2 rings (SSSR count). The summed E-state index contributed by atoms with van der Waals surface area (Å²) in [7, 11) is 0. The Morgan fingerprint density at radius 1 is 1.44 bits per heavy atom. The van der Waals surface area contributed by atoms with Crippen molar-refractivity contribution < 1.29 is 4.79 Å². The predicted molar refractivity (Wildman–Crippen MR) is 63.4 cm³/mol. The molecule has 86 valence electrons. The molecule has 1 aliphatic heterocycles. The molecular formula is C12H17N3O. The van der Waals surface area contributed by atoms with E-state index in [1.165, 1.54) is 0 Å². The summed E-state index contributed by atoms with van der Waals surface area (Å²) in [4.78, 5) is 18.1. The van der Waals surface area contributed by atoms with Gasteiger partial charge < -0.3 is 10.2 Å². The van der Waals surface area contributed by atoms with Crippen LogP contribution in [0.15, 0.2) is 18.3 Å². The van der Waals surface area contributed by atoms with Crippen LogP contribution in [0.5, 0.6) is 0 Å². The van der Waals surface area contributed by atoms with Crippen molar-refractivity contribution in [2.75, 3.05) is 11.9 Å². The molecule has 0 atom stereocenters. The molecule has 0 radical (unpaired) electrons. The van der Waals surface area contributed by atoms with E-state index in [1.54, 1.807) is 6.20 Å². The molecule has 0 unspecified atom stereocenters. The van der Waals surface area contributed by atoms with Gasteiger partial charge in [-0.1, -0.05) is 0 Å². The second-order valence-electron chi connectivity index (χ2n) is 5.00. The number of fused-ring (bicyclic) bond motifs is 1. The van der Waals surface area contributed by atoms with Crippen LogP contribution in [0.1, 0.15) is 26.5 Å². The minimum absolute atomic E-state index is 0.0424. The third kappa shape index (κ3) is 2.01. The molecule has 16 heavy (non-hydrogen) atoms. The number of carbonyl (C=O) groups is 1. The summed E-state index contributed by atoms with van der Waals surface area (Å²) in [5, 5.41) is 2.90. The normalized spacial score (nSPS) is 16.4. The molecule has 4 heteroatoms. The number of urea groups is 1. The number of carbonyl (C=O) groups excluding carboxylic acids is 1. The number of nitrogens with one attached hydrogen (secondary N) is 1. The van der Waals surface area contributed by atoms with Gasteiger partial charge in [0, 0.05) is 24.7 Å². The first-order chi connectivity index (χ1) is 7.48. The van der Waals surface area contributed by atoms with Crippen molar-refractivity contribution in [2.24, 2.45) is 0 Å². The van der Waals surface area contributed by atoms with E-state index in [9.17, 15) is 4.79 Å². The van der Waals surface area contributed by atoms with Crippen molar-refractivity contribution in [3.05, 3.63) is 24.0 Å². The number of amides is 2. The van der Waals surface area contributed by atoms with E-state index >= 15 is 0 Å². The van der Waals surface area contributed by atoms with Crippen LogP contribution in [0, 0.1) is 0 Å². The highest BCUT2D eigenvalue weighted by atomic mass is 16.2. The molecular weight excluding hydrogens is 202 g/mol. The molecule has 1 aromatic heterocycles. The highest BCUT2D eigenvalue weighted by molar-refractivity contribution is 5.91. The summed E-state index contributed by atoms with van der Waals surface area (Å²) in [5.74, 6) is 0. The second kappa shape index (κ2) is 3.77. The van der Waals surface area contributed by atoms with Crippen LogP contribution < -0.4 is 5.32 Å². The fraction of sp³-hybridized carbons (Fsp3) is 0.500. The molecule has 0 spiro atoms. The molecule has 0 bridgehead atoms. The molecule has 1 aliphatic rings. The van der Waals surface area contributed by atoms with Gasteiger partial charge in [-0.15, -0.1) is 0 Å². The zero-order valence-electron chi connectivity index (χ0n) is 9.95. The van der Waals surface area contributed by atoms with Crippen molar-refractivity contribution in [3.8, 4) is 0 Å². The molecule has 1 N–H and O–H groups in total. The molecule has 1 aromatic rings. The van der Waals surface area contributed by atoms with E-state index in [0.29, 0.717) is 6.54 Å². The Hall–Kier alpha value is -1.58. The highest BCUT2D eigenvalue weighted by Gasteiger charge is 2.29. The van der Waals surface area contributed by atoms with E-state index in [2.05, 4.69) is 10.3 Å². The molecule has 0 fully saturated rings. The van der Waals surface area contributed by atoms with Crippen molar-refractivity contribution in [1.29, 1.82) is 0 Å². The number of aromatic nitrogens is 1. The van der Waals surface area contributed by atoms with Crippen LogP contribution in [-0.2, 0) is 6.42 Å². The van der Waals surface area contributed by atoms with Crippen LogP contribution in [0.4, 0.5) is 10.5 Å². The molecule has 0 aliphatic carbocycles. The minimum Gasteiger partial charge on any atom is -0.319 e. The summed E-state index contributed by atoms with van der Waals surface area (Å²) in [6, 6.07) is 3.69. The number of pyridine rings is 1. The summed E-state index contributed by atoms with van der Waals surface area (Å²) < 4.78 is 0. The lowest BCUT2D eigenvalue weighted by atomic mass is 10.1. The maximum atomic E-state index is 12.0. The maximum Gasteiger partial charge on any atom is 0.322 e. The first-order valence-electron chi connectivity index (χ1n) is 5.51. The van der Waals surface area contributed by atoms with Gasteiger partial charge in [-0.25, -0.2) is 4.79 Å². The van der Waals surface area contributed by atoms with E-state index in [4.69, 9.17) is 0 Å². The summed E-state index contributed by atoms with van der Waals surface area (Å²) in [6.07, 6.45) is 2.56. The largest absolute Gasteiger partial charge is 0.322 e. The van der Waals surface area contributed by atoms with Gasteiger partial charge in [0.15, 0.2) is 0 Å². The first kappa shape index (κ1) is 10.9. The Morgan fingerprint density at radius 3 is 2.88 bits per heavy atom. The topological polar surface area (TPSA) is 45.2 Å². The average molecular weight is 219 g/mol. The Balaban J connectivity index is 2.29. The van der Waals surface area contributed by atoms with Crippen LogP contribution >= 0.6 is 0 Å². The lowest BCUT2D eigenvalue weighted by Gasteiger charge is -2.34. The number of anilines is 1. The maximum absolute atomic E-state index is 12.0. The van der Waals surface area contributed by atoms with Gasteiger partial charge in [0.05, 0.1) is 11.4 Å². The lowest BCUT2D eigenvalue weighted by molar-refractivity contribution is 0.159. The first-order valence-corrected chi connectivity index (χ1v) is 5.51. The van der Waals surface area contributed by atoms with E-state index in [0.717, 1.165) is 17.8 Å². The van der Waals surface area contributed by atoms with Gasteiger partial charge in [0.25, 0.3) is 0 Å². The third-order valence-electron chi connectivity index (χ3n) is 2.76. The number of hydrogen-bond acceptors (Lipinski definition) is 2. The van der Waals surface area contributed by atoms with Crippen molar-refractivity contribution in [3.63, 3.8) is 0 Å². The van der Waals surface area contributed by atoms with Gasteiger partial charge in [-0.3, -0.25) is 4.98 Å². The van der Waals surface area contributed by atoms with Crippen LogP contribution in [0.2, 0.25) is 0 Å². The number of nitrogens with zero attached hydrogens (tertiary/aromatic N) is 2. The Bertz CT molecular complexity index is 409. The van der Waals surface area contributed by atoms with Crippen LogP contribution in [0.3, 0.4) is 0 Å². The molecule has 4 nitrogen and oxygen atoms in total. The van der Waals surface area contributed by atoms with Gasteiger partial charge >= 0.3 is 6.03 Å². The molecule has 2 amide bonds. The van der Waals surface area contributed by atoms with E-state index in [1.807, 2.05) is 37.8 Å². The summed E-state index contributed by atoms with van der Waals surface area (Å²) in [5.41, 5.74) is 1.63. The van der Waals surface area contributed by atoms with Gasteiger partial charge in [0.2, 0.25) is 0 Å². The minimum atomic E-state index is -0.161. The fourth-order valence-corrected chi connectivity index (χ4v) is 1.89. The number of hydrogen-bond donors (Lipinski definition) is 1. The molecule has 2 heterocycles. The average Bonchev–Trinajstić information content (AvgIpc) is 2.34. The molecule has 0 saturated carbocycles. The van der Waals surface area contributed by atoms with Crippen molar-refractivity contribution >= 4 is 11.7 Å². The lowest BCUT2D eigenvalue weighted by Crippen LogP contribution is -2.47. The van der Waals surface area contributed by atoms with Crippen molar-refractivity contribution in [1.82, 2.24) is 9.88 Å². The number of rotatable bonds is 0. The zero-order chi connectivity index (χ0) is 11.8. The van der Waals surface area contributed by atoms with E-state index in [-0.39, 0.29) is 11.6 Å². The summed E-state index contributed by atoms with van der Waals surface area (Å²) in [6.45, 7) is 6.82. The van der Waals surface area contributed by atoms with Gasteiger partial charge in [0.1, 0.15) is 0 Å². The second-order valence-corrected chi connectivity index (χ2v) is 5.00. The third-order valence-corrected chi connectivity index (χ3v) is 2.76. The van der Waals surface area contributed by atoms with Crippen molar-refractivity contribution in [2.45, 2.75) is 32.7 Å². The van der Waals surface area contributed by atoms with E-state index < -0.39 is 0 Å². The Labute approximate surface area is 95.7 Å². The standard InChI is InChI=1S/C12H17N3O/c1-12(2,3)15-8-6-9-10(14-11(15)16)5-4-7-13-9/h4-5,7H,6,8H2,1-3H3,(H,14,16). The van der Waals surface area contributed by atoms with Crippen LogP contribution in [0.25, 0.3) is 0 Å². The quantitative estimate of drug-likeness (QED) is 0.727. The smallest absolute Gasteiger partial charge is 0.319 e. The Kier molecular flexibility index (Phi) is 2.58.